The molecular weight excluding hydrogens is 320 g/mol. The number of halogens is 4. The molecule has 23 heavy (non-hydrogen) atoms. The van der Waals surface area contributed by atoms with Crippen molar-refractivity contribution in [1.82, 2.24) is 0 Å². The van der Waals surface area contributed by atoms with Crippen molar-refractivity contribution in [2.45, 2.75) is 25.4 Å². The molecule has 1 rings (SSSR count). The van der Waals surface area contributed by atoms with Crippen molar-refractivity contribution >= 4 is 0 Å². The molecular formula is C15H19F4O4. The Labute approximate surface area is 132 Å². The second kappa shape index (κ2) is 8.58. The monoisotopic (exact) mass is 339 g/mol. The van der Waals surface area contributed by atoms with E-state index in [2.05, 4.69) is 25.9 Å². The molecule has 4 nitrogen and oxygen atoms in total. The molecule has 0 aromatic heterocycles. The topological polar surface area (TPSA) is 36.9 Å². The van der Waals surface area contributed by atoms with Crippen LogP contribution in [0.2, 0.25) is 0 Å². The zero-order valence-corrected chi connectivity index (χ0v) is 13.2. The van der Waals surface area contributed by atoms with Gasteiger partial charge in [-0.1, -0.05) is 0 Å². The summed E-state index contributed by atoms with van der Waals surface area (Å²) >= 11 is 0. The van der Waals surface area contributed by atoms with Gasteiger partial charge in [-0.15, -0.1) is 0 Å². The van der Waals surface area contributed by atoms with Gasteiger partial charge in [0.15, 0.2) is 0 Å². The summed E-state index contributed by atoms with van der Waals surface area (Å²) in [7, 11) is 4.16. The highest BCUT2D eigenvalue weighted by molar-refractivity contribution is 5.50. The highest BCUT2D eigenvalue weighted by Gasteiger charge is 2.31. The average Bonchev–Trinajstić information content (AvgIpc) is 2.57. The minimum absolute atomic E-state index is 0.291. The Morgan fingerprint density at radius 2 is 1.00 bits per heavy atom. The smallest absolute Gasteiger partial charge is 0.225 e. The molecule has 0 bridgehead atoms. The number of ether oxygens (including phenoxy) is 4. The predicted molar refractivity (Wildman–Crippen MR) is 74.3 cm³/mol. The van der Waals surface area contributed by atoms with Crippen LogP contribution in [-0.4, -0.2) is 28.4 Å². The van der Waals surface area contributed by atoms with E-state index >= 15 is 0 Å². The first-order chi connectivity index (χ1) is 10.8. The Morgan fingerprint density at radius 3 is 1.26 bits per heavy atom. The second-order valence-corrected chi connectivity index (χ2v) is 4.57. The maximum absolute atomic E-state index is 14.1. The molecule has 8 heteroatoms. The number of benzene rings is 1. The first kappa shape index (κ1) is 19.8. The van der Waals surface area contributed by atoms with Crippen molar-refractivity contribution in [3.8, 4) is 0 Å². The Hall–Kier alpha value is -1.22. The van der Waals surface area contributed by atoms with E-state index < -0.39 is 25.4 Å². The summed E-state index contributed by atoms with van der Waals surface area (Å²) in [5.41, 5.74) is -1.80. The maximum atomic E-state index is 14.1. The lowest BCUT2D eigenvalue weighted by molar-refractivity contribution is -0.0347. The van der Waals surface area contributed by atoms with Gasteiger partial charge >= 0.3 is 0 Å². The fraction of sp³-hybridized carbons (Fsp3) is 0.533. The molecule has 0 fully saturated rings. The summed E-state index contributed by atoms with van der Waals surface area (Å²) in [6.45, 7) is 3.53. The first-order valence-electron chi connectivity index (χ1n) is 6.53. The third-order valence-electron chi connectivity index (χ3n) is 3.35. The fourth-order valence-corrected chi connectivity index (χ4v) is 2.22. The van der Waals surface area contributed by atoms with Gasteiger partial charge in [0.2, 0.25) is 25.4 Å². The van der Waals surface area contributed by atoms with Crippen LogP contribution in [0.5, 0.6) is 0 Å². The van der Waals surface area contributed by atoms with Gasteiger partial charge in [0.1, 0.15) is 0 Å². The molecule has 1 radical (unpaired) electrons. The maximum Gasteiger partial charge on any atom is 0.225 e. The molecule has 4 unspecified atom stereocenters. The molecule has 4 atom stereocenters. The molecule has 0 aliphatic rings. The number of hydrogen-bond acceptors (Lipinski definition) is 4. The summed E-state index contributed by atoms with van der Waals surface area (Å²) in [5, 5.41) is 0. The average molecular weight is 339 g/mol. The Bertz CT molecular complexity index is 484. The van der Waals surface area contributed by atoms with E-state index in [-0.39, 0.29) is 27.8 Å². The Morgan fingerprint density at radius 1 is 0.696 bits per heavy atom. The van der Waals surface area contributed by atoms with Crippen LogP contribution in [-0.2, 0) is 18.9 Å². The van der Waals surface area contributed by atoms with E-state index in [0.717, 1.165) is 34.5 Å². The van der Waals surface area contributed by atoms with Crippen molar-refractivity contribution < 1.29 is 36.5 Å². The SMILES string of the molecule is [CH2]c1c(C(F)OC)c(C(F)OC)cc(C(F)OC)c1C(F)OC. The van der Waals surface area contributed by atoms with E-state index in [4.69, 9.17) is 0 Å². The molecule has 0 heterocycles. The molecule has 0 spiro atoms. The van der Waals surface area contributed by atoms with E-state index in [1.54, 1.807) is 0 Å². The van der Waals surface area contributed by atoms with E-state index in [1.807, 2.05) is 0 Å². The normalized spacial score (nSPS) is 16.9. The highest BCUT2D eigenvalue weighted by Crippen LogP contribution is 2.41. The van der Waals surface area contributed by atoms with E-state index in [1.165, 1.54) is 0 Å². The van der Waals surface area contributed by atoms with Crippen LogP contribution in [0.15, 0.2) is 6.07 Å². The van der Waals surface area contributed by atoms with Gasteiger partial charge in [0, 0.05) is 50.7 Å². The van der Waals surface area contributed by atoms with Crippen LogP contribution in [0, 0.1) is 6.92 Å². The van der Waals surface area contributed by atoms with Crippen molar-refractivity contribution in [3.05, 3.63) is 40.8 Å². The van der Waals surface area contributed by atoms with Crippen LogP contribution < -0.4 is 0 Å². The number of hydrogen-bond donors (Lipinski definition) is 0. The van der Waals surface area contributed by atoms with Gasteiger partial charge < -0.3 is 18.9 Å². The van der Waals surface area contributed by atoms with Crippen LogP contribution in [0.1, 0.15) is 53.2 Å². The largest absolute Gasteiger partial charge is 0.348 e. The van der Waals surface area contributed by atoms with Crippen molar-refractivity contribution in [2.75, 3.05) is 28.4 Å². The summed E-state index contributed by atoms with van der Waals surface area (Å²) in [6.07, 6.45) is -8.39. The van der Waals surface area contributed by atoms with Gasteiger partial charge in [-0.2, -0.15) is 0 Å². The zero-order valence-electron chi connectivity index (χ0n) is 13.2. The van der Waals surface area contributed by atoms with Gasteiger partial charge in [-0.25, -0.2) is 17.6 Å². The minimum Gasteiger partial charge on any atom is -0.348 e. The van der Waals surface area contributed by atoms with Crippen LogP contribution in [0.3, 0.4) is 0 Å². The molecule has 0 saturated heterocycles. The highest BCUT2D eigenvalue weighted by atomic mass is 19.2. The Kier molecular flexibility index (Phi) is 7.40. The zero-order chi connectivity index (χ0) is 17.7. The lowest BCUT2D eigenvalue weighted by Gasteiger charge is -2.25. The Balaban J connectivity index is 3.74. The van der Waals surface area contributed by atoms with Gasteiger partial charge in [-0.3, -0.25) is 0 Å². The third kappa shape index (κ3) is 4.00. The lowest BCUT2D eigenvalue weighted by Crippen LogP contribution is -2.14. The standard InChI is InChI=1S/C15H19F4O4/c1-7-10(14(18)22-4)8(12(16)20-2)6-9(13(17)21-3)11(7)15(19)23-5/h6,12-15H,1H2,2-5H3. The summed E-state index contributed by atoms with van der Waals surface area (Å²) in [5.74, 6) is 0. The van der Waals surface area contributed by atoms with Gasteiger partial charge in [0.05, 0.1) is 0 Å². The predicted octanol–water partition coefficient (Wildman–Crippen LogP) is 4.33. The molecule has 0 amide bonds. The second-order valence-electron chi connectivity index (χ2n) is 4.57. The molecule has 1 aromatic rings. The van der Waals surface area contributed by atoms with E-state index in [0.29, 0.717) is 0 Å². The van der Waals surface area contributed by atoms with Crippen LogP contribution in [0.4, 0.5) is 17.6 Å². The summed E-state index contributed by atoms with van der Waals surface area (Å²) < 4.78 is 74.2. The fourth-order valence-electron chi connectivity index (χ4n) is 2.22. The molecule has 0 aliphatic heterocycles. The van der Waals surface area contributed by atoms with Crippen molar-refractivity contribution in [1.29, 1.82) is 0 Å². The molecule has 0 saturated carbocycles. The number of rotatable bonds is 8. The lowest BCUT2D eigenvalue weighted by atomic mass is 9.91. The molecule has 0 N–H and O–H groups in total. The van der Waals surface area contributed by atoms with Crippen molar-refractivity contribution in [2.24, 2.45) is 0 Å². The minimum atomic E-state index is -2.11. The number of alkyl halides is 4. The molecule has 131 valence electrons. The van der Waals surface area contributed by atoms with Crippen molar-refractivity contribution in [3.63, 3.8) is 0 Å². The van der Waals surface area contributed by atoms with E-state index in [9.17, 15) is 17.6 Å². The summed E-state index contributed by atoms with van der Waals surface area (Å²) in [4.78, 5) is 0. The molecule has 1 aromatic carbocycles. The number of methoxy groups -OCH3 is 4. The summed E-state index contributed by atoms with van der Waals surface area (Å²) in [6, 6.07) is 0.916. The van der Waals surface area contributed by atoms with Gasteiger partial charge in [-0.05, 0) is 18.6 Å². The third-order valence-corrected chi connectivity index (χ3v) is 3.35. The van der Waals surface area contributed by atoms with Gasteiger partial charge in [0.25, 0.3) is 0 Å². The first-order valence-corrected chi connectivity index (χ1v) is 6.53. The quantitative estimate of drug-likeness (QED) is 0.661. The van der Waals surface area contributed by atoms with Crippen LogP contribution in [0.25, 0.3) is 0 Å². The van der Waals surface area contributed by atoms with Crippen LogP contribution >= 0.6 is 0 Å². The molecule has 0 aliphatic carbocycles.